The number of carbonyl (C=O) groups excluding carboxylic acids is 1. The van der Waals surface area contributed by atoms with Crippen LogP contribution in [0.3, 0.4) is 0 Å². The third-order valence-corrected chi connectivity index (χ3v) is 3.81. The Labute approximate surface area is 155 Å². The predicted molar refractivity (Wildman–Crippen MR) is 100 cm³/mol. The molecule has 0 unspecified atom stereocenters. The zero-order valence-corrected chi connectivity index (χ0v) is 14.8. The normalized spacial score (nSPS) is 10.7. The summed E-state index contributed by atoms with van der Waals surface area (Å²) in [6, 6.07) is 13.6. The molecule has 2 aromatic carbocycles. The van der Waals surface area contributed by atoms with E-state index in [1.165, 1.54) is 12.3 Å². The van der Waals surface area contributed by atoms with Crippen molar-refractivity contribution in [1.82, 2.24) is 15.6 Å². The lowest BCUT2D eigenvalue weighted by molar-refractivity contribution is 0.0950. The summed E-state index contributed by atoms with van der Waals surface area (Å²) in [5, 5.41) is 20.3. The fourth-order valence-corrected chi connectivity index (χ4v) is 2.40. The molecule has 3 rings (SSSR count). The van der Waals surface area contributed by atoms with Crippen LogP contribution in [0.25, 0.3) is 11.3 Å². The van der Waals surface area contributed by atoms with Gasteiger partial charge in [-0.05, 0) is 36.4 Å². The van der Waals surface area contributed by atoms with Gasteiger partial charge in [0, 0.05) is 11.1 Å². The SMILES string of the molecule is COc1ccc(-c2cc(C(=O)N/N=C\c3ccccc3O)[nH]n2)cc1OC. The van der Waals surface area contributed by atoms with Crippen molar-refractivity contribution < 1.29 is 19.4 Å². The Morgan fingerprint density at radius 1 is 1.15 bits per heavy atom. The molecule has 0 aliphatic heterocycles. The van der Waals surface area contributed by atoms with Crippen molar-refractivity contribution in [2.24, 2.45) is 5.10 Å². The van der Waals surface area contributed by atoms with Crippen molar-refractivity contribution in [3.63, 3.8) is 0 Å². The Morgan fingerprint density at radius 2 is 1.93 bits per heavy atom. The van der Waals surface area contributed by atoms with Gasteiger partial charge in [-0.3, -0.25) is 9.89 Å². The number of aromatic amines is 1. The quantitative estimate of drug-likeness (QED) is 0.459. The fourth-order valence-electron chi connectivity index (χ4n) is 2.40. The topological polar surface area (TPSA) is 109 Å². The molecule has 0 fully saturated rings. The van der Waals surface area contributed by atoms with Crippen LogP contribution in [0.4, 0.5) is 0 Å². The van der Waals surface area contributed by atoms with Crippen LogP contribution in [0.2, 0.25) is 0 Å². The number of amides is 1. The number of nitrogens with one attached hydrogen (secondary N) is 2. The molecule has 27 heavy (non-hydrogen) atoms. The van der Waals surface area contributed by atoms with Crippen LogP contribution in [0, 0.1) is 0 Å². The number of benzene rings is 2. The summed E-state index contributed by atoms with van der Waals surface area (Å²) in [6.45, 7) is 0. The predicted octanol–water partition coefficient (Wildman–Crippen LogP) is 2.56. The third-order valence-electron chi connectivity index (χ3n) is 3.81. The number of ether oxygens (including phenoxy) is 2. The molecule has 0 saturated heterocycles. The molecule has 0 radical (unpaired) electrons. The molecule has 0 saturated carbocycles. The minimum absolute atomic E-state index is 0.0766. The Balaban J connectivity index is 1.72. The van der Waals surface area contributed by atoms with E-state index in [9.17, 15) is 9.90 Å². The standard InChI is InChI=1S/C19H18N4O4/c1-26-17-8-7-12(9-18(17)27-2)14-10-15(22-21-14)19(25)23-20-11-13-5-3-4-6-16(13)24/h3-11,24H,1-2H3,(H,21,22)(H,23,25)/b20-11-. The zero-order valence-electron chi connectivity index (χ0n) is 14.8. The van der Waals surface area contributed by atoms with Crippen molar-refractivity contribution in [2.75, 3.05) is 14.2 Å². The molecule has 138 valence electrons. The highest BCUT2D eigenvalue weighted by atomic mass is 16.5. The summed E-state index contributed by atoms with van der Waals surface area (Å²) >= 11 is 0. The van der Waals surface area contributed by atoms with Crippen molar-refractivity contribution in [1.29, 1.82) is 0 Å². The van der Waals surface area contributed by atoms with Gasteiger partial charge in [-0.1, -0.05) is 12.1 Å². The maximum atomic E-state index is 12.2. The van der Waals surface area contributed by atoms with Gasteiger partial charge in [-0.25, -0.2) is 5.43 Å². The highest BCUT2D eigenvalue weighted by Gasteiger charge is 2.12. The summed E-state index contributed by atoms with van der Waals surface area (Å²) in [7, 11) is 3.11. The molecular weight excluding hydrogens is 348 g/mol. The van der Waals surface area contributed by atoms with E-state index in [0.717, 1.165) is 5.56 Å². The lowest BCUT2D eigenvalue weighted by Gasteiger charge is -2.08. The fraction of sp³-hybridized carbons (Fsp3) is 0.105. The number of hydrogen-bond acceptors (Lipinski definition) is 6. The van der Waals surface area contributed by atoms with Gasteiger partial charge >= 0.3 is 0 Å². The van der Waals surface area contributed by atoms with E-state index in [0.29, 0.717) is 22.8 Å². The zero-order chi connectivity index (χ0) is 19.2. The minimum Gasteiger partial charge on any atom is -0.507 e. The van der Waals surface area contributed by atoms with Crippen LogP contribution in [-0.4, -0.2) is 41.6 Å². The highest BCUT2D eigenvalue weighted by Crippen LogP contribution is 2.31. The molecule has 0 spiro atoms. The number of nitrogens with zero attached hydrogens (tertiary/aromatic N) is 2. The smallest absolute Gasteiger partial charge is 0.289 e. The molecule has 3 aromatic rings. The number of methoxy groups -OCH3 is 2. The molecule has 1 heterocycles. The van der Waals surface area contributed by atoms with Gasteiger partial charge in [0.05, 0.1) is 26.1 Å². The Bertz CT molecular complexity index is 981. The van der Waals surface area contributed by atoms with Gasteiger partial charge in [-0.2, -0.15) is 10.2 Å². The molecule has 3 N–H and O–H groups in total. The first-order valence-corrected chi connectivity index (χ1v) is 8.01. The monoisotopic (exact) mass is 366 g/mol. The van der Waals surface area contributed by atoms with Crippen molar-refractivity contribution in [3.8, 4) is 28.5 Å². The Hall–Kier alpha value is -3.81. The average molecular weight is 366 g/mol. The minimum atomic E-state index is -0.458. The summed E-state index contributed by atoms with van der Waals surface area (Å²) in [4.78, 5) is 12.2. The molecule has 0 atom stereocenters. The van der Waals surface area contributed by atoms with E-state index in [4.69, 9.17) is 9.47 Å². The van der Waals surface area contributed by atoms with E-state index >= 15 is 0 Å². The van der Waals surface area contributed by atoms with E-state index in [-0.39, 0.29) is 11.4 Å². The van der Waals surface area contributed by atoms with Gasteiger partial charge in [0.1, 0.15) is 11.4 Å². The summed E-state index contributed by atoms with van der Waals surface area (Å²) in [5.41, 5.74) is 4.46. The van der Waals surface area contributed by atoms with Crippen LogP contribution in [0.5, 0.6) is 17.2 Å². The van der Waals surface area contributed by atoms with Crippen molar-refractivity contribution in [2.45, 2.75) is 0 Å². The second-order valence-electron chi connectivity index (χ2n) is 5.49. The van der Waals surface area contributed by atoms with Crippen molar-refractivity contribution in [3.05, 3.63) is 59.8 Å². The lowest BCUT2D eigenvalue weighted by Crippen LogP contribution is -2.18. The number of phenols is 1. The van der Waals surface area contributed by atoms with E-state index < -0.39 is 5.91 Å². The van der Waals surface area contributed by atoms with Gasteiger partial charge in [-0.15, -0.1) is 0 Å². The number of aromatic nitrogens is 2. The summed E-state index contributed by atoms with van der Waals surface area (Å²) in [6.07, 6.45) is 1.36. The number of hydrogen-bond donors (Lipinski definition) is 3. The number of aromatic hydroxyl groups is 1. The van der Waals surface area contributed by atoms with Gasteiger partial charge in [0.2, 0.25) is 0 Å². The molecule has 1 aromatic heterocycles. The van der Waals surface area contributed by atoms with Gasteiger partial charge < -0.3 is 14.6 Å². The average Bonchev–Trinajstić information content (AvgIpc) is 3.19. The molecule has 8 heteroatoms. The molecule has 0 aliphatic rings. The molecule has 0 aliphatic carbocycles. The molecular formula is C19H18N4O4. The number of para-hydroxylation sites is 1. The first-order valence-electron chi connectivity index (χ1n) is 8.01. The number of rotatable bonds is 6. The van der Waals surface area contributed by atoms with E-state index in [1.807, 2.05) is 6.07 Å². The molecule has 8 nitrogen and oxygen atoms in total. The van der Waals surface area contributed by atoms with Crippen molar-refractivity contribution >= 4 is 12.1 Å². The Kier molecular flexibility index (Phi) is 5.36. The van der Waals surface area contributed by atoms with Crippen LogP contribution < -0.4 is 14.9 Å². The molecule has 0 bridgehead atoms. The number of carbonyl (C=O) groups is 1. The van der Waals surface area contributed by atoms with Gasteiger partial charge in [0.25, 0.3) is 5.91 Å². The van der Waals surface area contributed by atoms with Crippen LogP contribution >= 0.6 is 0 Å². The lowest BCUT2D eigenvalue weighted by atomic mass is 10.1. The number of H-pyrrole nitrogens is 1. The highest BCUT2D eigenvalue weighted by molar-refractivity contribution is 5.94. The second kappa shape index (κ2) is 8.05. The first kappa shape index (κ1) is 18.0. The van der Waals surface area contributed by atoms with E-state index in [2.05, 4.69) is 20.7 Å². The summed E-state index contributed by atoms with van der Waals surface area (Å²) in [5.74, 6) is 0.790. The number of phenolic OH excluding ortho intramolecular Hbond substituents is 1. The maximum absolute atomic E-state index is 12.2. The maximum Gasteiger partial charge on any atom is 0.289 e. The largest absolute Gasteiger partial charge is 0.507 e. The van der Waals surface area contributed by atoms with E-state index in [1.54, 1.807) is 50.6 Å². The first-order chi connectivity index (χ1) is 13.1. The summed E-state index contributed by atoms with van der Waals surface area (Å²) < 4.78 is 10.5. The van der Waals surface area contributed by atoms with Crippen LogP contribution in [0.1, 0.15) is 16.1 Å². The third kappa shape index (κ3) is 4.06. The van der Waals surface area contributed by atoms with Gasteiger partial charge in [0.15, 0.2) is 11.5 Å². The second-order valence-corrected chi connectivity index (χ2v) is 5.49. The van der Waals surface area contributed by atoms with Crippen LogP contribution in [0.15, 0.2) is 53.6 Å². The molecule has 1 amide bonds. The Morgan fingerprint density at radius 3 is 2.67 bits per heavy atom. The number of hydrazone groups is 1. The van der Waals surface area contributed by atoms with Crippen LogP contribution in [-0.2, 0) is 0 Å².